The molecule has 2 N–H and O–H groups in total. The Morgan fingerprint density at radius 2 is 1.84 bits per heavy atom. The SMILES string of the molecule is CN(C(=O)C(=O)NCCCCCO)C1CCCCC1. The van der Waals surface area contributed by atoms with Crippen LogP contribution in [-0.2, 0) is 9.59 Å². The highest BCUT2D eigenvalue weighted by Crippen LogP contribution is 2.21. The van der Waals surface area contributed by atoms with Gasteiger partial charge in [-0.25, -0.2) is 0 Å². The number of nitrogens with zero attached hydrogens (tertiary/aromatic N) is 1. The van der Waals surface area contributed by atoms with Crippen LogP contribution in [-0.4, -0.2) is 48.1 Å². The lowest BCUT2D eigenvalue weighted by Crippen LogP contribution is -2.46. The number of likely N-dealkylation sites (N-methyl/N-ethyl adjacent to an activating group) is 1. The Bertz CT molecular complexity index is 288. The largest absolute Gasteiger partial charge is 0.396 e. The summed E-state index contributed by atoms with van der Waals surface area (Å²) in [6, 6.07) is 0.224. The van der Waals surface area contributed by atoms with Crippen molar-refractivity contribution in [3.8, 4) is 0 Å². The van der Waals surface area contributed by atoms with Gasteiger partial charge in [0.25, 0.3) is 0 Å². The minimum atomic E-state index is -0.503. The van der Waals surface area contributed by atoms with Crippen molar-refractivity contribution >= 4 is 11.8 Å². The third-order valence-electron chi connectivity index (χ3n) is 3.76. The molecule has 0 spiro atoms. The monoisotopic (exact) mass is 270 g/mol. The van der Waals surface area contributed by atoms with E-state index in [1.54, 1.807) is 11.9 Å². The zero-order chi connectivity index (χ0) is 14.1. The van der Waals surface area contributed by atoms with Gasteiger partial charge < -0.3 is 15.3 Å². The predicted octanol–water partition coefficient (Wildman–Crippen LogP) is 1.06. The quantitative estimate of drug-likeness (QED) is 0.560. The van der Waals surface area contributed by atoms with E-state index < -0.39 is 11.8 Å². The zero-order valence-corrected chi connectivity index (χ0v) is 11.9. The molecule has 0 aliphatic heterocycles. The van der Waals surface area contributed by atoms with Crippen molar-refractivity contribution in [2.75, 3.05) is 20.2 Å². The predicted molar refractivity (Wildman–Crippen MR) is 73.6 cm³/mol. The van der Waals surface area contributed by atoms with E-state index in [1.807, 2.05) is 0 Å². The summed E-state index contributed by atoms with van der Waals surface area (Å²) < 4.78 is 0. The Morgan fingerprint density at radius 1 is 1.16 bits per heavy atom. The van der Waals surface area contributed by atoms with Gasteiger partial charge in [0.1, 0.15) is 0 Å². The summed E-state index contributed by atoms with van der Waals surface area (Å²) in [5.41, 5.74) is 0. The van der Waals surface area contributed by atoms with Crippen LogP contribution < -0.4 is 5.32 Å². The van der Waals surface area contributed by atoms with Crippen molar-refractivity contribution in [3.05, 3.63) is 0 Å². The van der Waals surface area contributed by atoms with Crippen LogP contribution in [0.5, 0.6) is 0 Å². The molecule has 110 valence electrons. The van der Waals surface area contributed by atoms with Gasteiger partial charge in [0.15, 0.2) is 0 Å². The van der Waals surface area contributed by atoms with E-state index in [4.69, 9.17) is 5.11 Å². The highest BCUT2D eigenvalue weighted by molar-refractivity contribution is 6.35. The molecule has 1 rings (SSSR count). The van der Waals surface area contributed by atoms with Crippen molar-refractivity contribution in [1.29, 1.82) is 0 Å². The summed E-state index contributed by atoms with van der Waals surface area (Å²) >= 11 is 0. The van der Waals surface area contributed by atoms with Gasteiger partial charge in [0, 0.05) is 26.2 Å². The topological polar surface area (TPSA) is 69.6 Å². The van der Waals surface area contributed by atoms with Gasteiger partial charge in [-0.2, -0.15) is 0 Å². The highest BCUT2D eigenvalue weighted by atomic mass is 16.3. The van der Waals surface area contributed by atoms with Crippen LogP contribution >= 0.6 is 0 Å². The number of hydrogen-bond acceptors (Lipinski definition) is 3. The molecule has 1 aliphatic rings. The van der Waals surface area contributed by atoms with E-state index in [0.717, 1.165) is 44.9 Å². The number of hydrogen-bond donors (Lipinski definition) is 2. The molecule has 0 atom stereocenters. The summed E-state index contributed by atoms with van der Waals surface area (Å²) in [7, 11) is 1.73. The van der Waals surface area contributed by atoms with E-state index in [-0.39, 0.29) is 12.6 Å². The molecule has 1 fully saturated rings. The van der Waals surface area contributed by atoms with Crippen LogP contribution in [0.15, 0.2) is 0 Å². The average molecular weight is 270 g/mol. The molecule has 0 bridgehead atoms. The average Bonchev–Trinajstić information content (AvgIpc) is 2.46. The van der Waals surface area contributed by atoms with Crippen molar-refractivity contribution in [3.63, 3.8) is 0 Å². The molecule has 2 amide bonds. The zero-order valence-electron chi connectivity index (χ0n) is 11.9. The number of rotatable bonds is 6. The molecule has 5 heteroatoms. The third-order valence-corrected chi connectivity index (χ3v) is 3.76. The third kappa shape index (κ3) is 5.59. The van der Waals surface area contributed by atoms with Crippen molar-refractivity contribution in [1.82, 2.24) is 10.2 Å². The first-order chi connectivity index (χ1) is 9.16. The number of carbonyl (C=O) groups excluding carboxylic acids is 2. The minimum absolute atomic E-state index is 0.178. The molecule has 0 unspecified atom stereocenters. The van der Waals surface area contributed by atoms with Gasteiger partial charge in [-0.1, -0.05) is 19.3 Å². The number of aliphatic hydroxyl groups excluding tert-OH is 1. The van der Waals surface area contributed by atoms with Crippen LogP contribution in [0.4, 0.5) is 0 Å². The van der Waals surface area contributed by atoms with Gasteiger partial charge in [-0.15, -0.1) is 0 Å². The van der Waals surface area contributed by atoms with E-state index >= 15 is 0 Å². The summed E-state index contributed by atoms with van der Waals surface area (Å²) in [4.78, 5) is 25.2. The highest BCUT2D eigenvalue weighted by Gasteiger charge is 2.26. The fourth-order valence-corrected chi connectivity index (χ4v) is 2.49. The lowest BCUT2D eigenvalue weighted by atomic mass is 9.94. The van der Waals surface area contributed by atoms with Gasteiger partial charge >= 0.3 is 11.8 Å². The first-order valence-electron chi connectivity index (χ1n) is 7.32. The Hall–Kier alpha value is -1.10. The Balaban J connectivity index is 2.24. The van der Waals surface area contributed by atoms with Crippen LogP contribution in [0.3, 0.4) is 0 Å². The van der Waals surface area contributed by atoms with Crippen molar-refractivity contribution in [2.24, 2.45) is 0 Å². The maximum Gasteiger partial charge on any atom is 0.311 e. The summed E-state index contributed by atoms with van der Waals surface area (Å²) in [5, 5.41) is 11.3. The summed E-state index contributed by atoms with van der Waals surface area (Å²) in [6.45, 7) is 0.681. The second-order valence-electron chi connectivity index (χ2n) is 5.25. The van der Waals surface area contributed by atoms with Crippen LogP contribution in [0, 0.1) is 0 Å². The molecular weight excluding hydrogens is 244 g/mol. The van der Waals surface area contributed by atoms with Gasteiger partial charge in [-0.3, -0.25) is 9.59 Å². The van der Waals surface area contributed by atoms with E-state index in [0.29, 0.717) is 6.54 Å². The number of carbonyl (C=O) groups is 2. The van der Waals surface area contributed by atoms with E-state index in [1.165, 1.54) is 6.42 Å². The molecule has 1 aliphatic carbocycles. The fourth-order valence-electron chi connectivity index (χ4n) is 2.49. The lowest BCUT2D eigenvalue weighted by Gasteiger charge is -2.30. The maximum absolute atomic E-state index is 11.9. The van der Waals surface area contributed by atoms with Crippen molar-refractivity contribution in [2.45, 2.75) is 57.4 Å². The molecule has 1 saturated carbocycles. The minimum Gasteiger partial charge on any atom is -0.396 e. The Labute approximate surface area is 115 Å². The summed E-state index contributed by atoms with van der Waals surface area (Å²) in [6.07, 6.45) is 7.94. The molecule has 0 aromatic heterocycles. The number of amides is 2. The molecule has 0 radical (unpaired) electrons. The second kappa shape index (κ2) is 8.91. The first-order valence-corrected chi connectivity index (χ1v) is 7.32. The number of aliphatic hydroxyl groups is 1. The number of nitrogens with one attached hydrogen (secondary N) is 1. The standard InChI is InChI=1S/C14H26N2O3/c1-16(12-8-4-2-5-9-12)14(19)13(18)15-10-6-3-7-11-17/h12,17H,2-11H2,1H3,(H,15,18). The molecular formula is C14H26N2O3. The molecule has 0 saturated heterocycles. The molecule has 19 heavy (non-hydrogen) atoms. The number of unbranched alkanes of at least 4 members (excludes halogenated alkanes) is 2. The molecule has 0 heterocycles. The Kier molecular flexibility index (Phi) is 7.48. The first kappa shape index (κ1) is 16.0. The van der Waals surface area contributed by atoms with E-state index in [2.05, 4.69) is 5.32 Å². The molecule has 0 aromatic carbocycles. The lowest BCUT2D eigenvalue weighted by molar-refractivity contribution is -0.146. The Morgan fingerprint density at radius 3 is 2.47 bits per heavy atom. The molecule has 0 aromatic rings. The van der Waals surface area contributed by atoms with Crippen LogP contribution in [0.1, 0.15) is 51.4 Å². The molecule has 5 nitrogen and oxygen atoms in total. The van der Waals surface area contributed by atoms with Crippen LogP contribution in [0.25, 0.3) is 0 Å². The van der Waals surface area contributed by atoms with Gasteiger partial charge in [0.2, 0.25) is 0 Å². The van der Waals surface area contributed by atoms with Crippen molar-refractivity contribution < 1.29 is 14.7 Å². The second-order valence-corrected chi connectivity index (χ2v) is 5.25. The smallest absolute Gasteiger partial charge is 0.311 e. The summed E-state index contributed by atoms with van der Waals surface area (Å²) in [5.74, 6) is -0.925. The fraction of sp³-hybridized carbons (Fsp3) is 0.857. The maximum atomic E-state index is 11.9. The normalized spacial score (nSPS) is 16.1. The van der Waals surface area contributed by atoms with Crippen LogP contribution in [0.2, 0.25) is 0 Å². The van der Waals surface area contributed by atoms with Gasteiger partial charge in [-0.05, 0) is 32.1 Å². The van der Waals surface area contributed by atoms with E-state index in [9.17, 15) is 9.59 Å². The van der Waals surface area contributed by atoms with Gasteiger partial charge in [0.05, 0.1) is 0 Å².